The van der Waals surface area contributed by atoms with Gasteiger partial charge in [0.2, 0.25) is 0 Å². The fourth-order valence-corrected chi connectivity index (χ4v) is 4.15. The van der Waals surface area contributed by atoms with Crippen LogP contribution in [0.2, 0.25) is 0 Å². The van der Waals surface area contributed by atoms with E-state index in [1.807, 2.05) is 31.8 Å². The second kappa shape index (κ2) is 7.14. The maximum Gasteiger partial charge on any atom is 0.326 e. The predicted octanol–water partition coefficient (Wildman–Crippen LogP) is 3.24. The SMILES string of the molecule is CCOC(=O)C1(NC)CCCC(Sc2ccccc2)C1. The van der Waals surface area contributed by atoms with Gasteiger partial charge in [-0.1, -0.05) is 18.2 Å². The summed E-state index contributed by atoms with van der Waals surface area (Å²) in [5.41, 5.74) is -0.499. The summed E-state index contributed by atoms with van der Waals surface area (Å²) in [5.74, 6) is -0.0964. The maximum atomic E-state index is 12.3. The monoisotopic (exact) mass is 293 g/mol. The molecule has 0 aliphatic heterocycles. The van der Waals surface area contributed by atoms with Crippen LogP contribution in [0.5, 0.6) is 0 Å². The van der Waals surface area contributed by atoms with Crippen molar-refractivity contribution >= 4 is 17.7 Å². The molecule has 0 amide bonds. The molecule has 2 rings (SSSR count). The van der Waals surface area contributed by atoms with Crippen LogP contribution in [0, 0.1) is 0 Å². The van der Waals surface area contributed by atoms with E-state index in [0.29, 0.717) is 11.9 Å². The molecule has 4 heteroatoms. The van der Waals surface area contributed by atoms with Crippen molar-refractivity contribution in [1.29, 1.82) is 0 Å². The summed E-state index contributed by atoms with van der Waals surface area (Å²) < 4.78 is 5.26. The van der Waals surface area contributed by atoms with Gasteiger partial charge in [-0.15, -0.1) is 11.8 Å². The minimum Gasteiger partial charge on any atom is -0.465 e. The molecule has 20 heavy (non-hydrogen) atoms. The van der Waals surface area contributed by atoms with Crippen LogP contribution >= 0.6 is 11.8 Å². The van der Waals surface area contributed by atoms with Crippen LogP contribution < -0.4 is 5.32 Å². The van der Waals surface area contributed by atoms with E-state index in [0.717, 1.165) is 25.7 Å². The Morgan fingerprint density at radius 3 is 2.85 bits per heavy atom. The number of likely N-dealkylation sites (N-methyl/N-ethyl adjacent to an activating group) is 1. The molecule has 1 fully saturated rings. The first-order valence-electron chi connectivity index (χ1n) is 7.28. The Kier molecular flexibility index (Phi) is 5.49. The summed E-state index contributed by atoms with van der Waals surface area (Å²) in [6.45, 7) is 2.30. The molecule has 0 saturated heterocycles. The summed E-state index contributed by atoms with van der Waals surface area (Å²) in [6, 6.07) is 10.4. The van der Waals surface area contributed by atoms with Crippen LogP contribution in [0.1, 0.15) is 32.6 Å². The highest BCUT2D eigenvalue weighted by atomic mass is 32.2. The van der Waals surface area contributed by atoms with E-state index >= 15 is 0 Å². The molecule has 0 radical (unpaired) electrons. The summed E-state index contributed by atoms with van der Waals surface area (Å²) >= 11 is 1.87. The zero-order valence-corrected chi connectivity index (χ0v) is 13.0. The lowest BCUT2D eigenvalue weighted by atomic mass is 9.81. The summed E-state index contributed by atoms with van der Waals surface area (Å²) in [5, 5.41) is 3.69. The highest BCUT2D eigenvalue weighted by Crippen LogP contribution is 2.38. The first kappa shape index (κ1) is 15.4. The third kappa shape index (κ3) is 3.55. The van der Waals surface area contributed by atoms with Gasteiger partial charge in [-0.2, -0.15) is 0 Å². The van der Waals surface area contributed by atoms with Crippen LogP contribution in [-0.2, 0) is 9.53 Å². The van der Waals surface area contributed by atoms with Gasteiger partial charge >= 0.3 is 5.97 Å². The van der Waals surface area contributed by atoms with E-state index in [2.05, 4.69) is 29.6 Å². The van der Waals surface area contributed by atoms with Crippen LogP contribution in [0.3, 0.4) is 0 Å². The topological polar surface area (TPSA) is 38.3 Å². The lowest BCUT2D eigenvalue weighted by Crippen LogP contribution is -2.54. The number of carbonyl (C=O) groups is 1. The molecule has 1 saturated carbocycles. The molecule has 1 aromatic rings. The van der Waals surface area contributed by atoms with Crippen molar-refractivity contribution in [3.63, 3.8) is 0 Å². The number of benzene rings is 1. The van der Waals surface area contributed by atoms with Crippen molar-refractivity contribution in [1.82, 2.24) is 5.32 Å². The van der Waals surface area contributed by atoms with Crippen molar-refractivity contribution < 1.29 is 9.53 Å². The molecule has 0 aromatic heterocycles. The van der Waals surface area contributed by atoms with Gasteiger partial charge in [0.05, 0.1) is 6.61 Å². The smallest absolute Gasteiger partial charge is 0.326 e. The van der Waals surface area contributed by atoms with Crippen LogP contribution in [0.4, 0.5) is 0 Å². The predicted molar refractivity (Wildman–Crippen MR) is 83.0 cm³/mol. The fraction of sp³-hybridized carbons (Fsp3) is 0.562. The Morgan fingerprint density at radius 1 is 1.45 bits per heavy atom. The molecule has 0 bridgehead atoms. The highest BCUT2D eigenvalue weighted by Gasteiger charge is 2.43. The Bertz CT molecular complexity index is 437. The molecule has 2 atom stereocenters. The van der Waals surface area contributed by atoms with Crippen molar-refractivity contribution in [2.45, 2.75) is 48.3 Å². The fourth-order valence-electron chi connectivity index (χ4n) is 2.80. The van der Waals surface area contributed by atoms with E-state index in [1.54, 1.807) is 0 Å². The van der Waals surface area contributed by atoms with E-state index in [9.17, 15) is 4.79 Å². The van der Waals surface area contributed by atoms with E-state index in [1.165, 1.54) is 4.90 Å². The lowest BCUT2D eigenvalue weighted by molar-refractivity contribution is -0.152. The molecule has 2 unspecified atom stereocenters. The van der Waals surface area contributed by atoms with Crippen LogP contribution in [-0.4, -0.2) is 30.4 Å². The molecule has 1 aromatic carbocycles. The molecule has 1 aliphatic rings. The zero-order chi connectivity index (χ0) is 14.4. The van der Waals surface area contributed by atoms with Gasteiger partial charge in [-0.25, -0.2) is 0 Å². The van der Waals surface area contributed by atoms with Gasteiger partial charge in [-0.3, -0.25) is 4.79 Å². The third-order valence-corrected chi connectivity index (χ3v) is 5.18. The van der Waals surface area contributed by atoms with E-state index in [4.69, 9.17) is 4.74 Å². The standard InChI is InChI=1S/C16H23NO2S/c1-3-19-15(18)16(17-2)11-7-10-14(12-16)20-13-8-5-4-6-9-13/h4-6,8-9,14,17H,3,7,10-12H2,1-2H3. The largest absolute Gasteiger partial charge is 0.465 e. The second-order valence-electron chi connectivity index (χ2n) is 5.20. The highest BCUT2D eigenvalue weighted by molar-refractivity contribution is 8.00. The first-order valence-corrected chi connectivity index (χ1v) is 8.16. The number of nitrogens with one attached hydrogen (secondary N) is 1. The van der Waals surface area contributed by atoms with Gasteiger partial charge in [0, 0.05) is 10.1 Å². The Hall–Kier alpha value is -1.00. The number of rotatable bonds is 5. The van der Waals surface area contributed by atoms with Gasteiger partial charge in [0.25, 0.3) is 0 Å². The van der Waals surface area contributed by atoms with Crippen LogP contribution in [0.25, 0.3) is 0 Å². The van der Waals surface area contributed by atoms with Gasteiger partial charge in [0.15, 0.2) is 0 Å². The lowest BCUT2D eigenvalue weighted by Gasteiger charge is -2.38. The average molecular weight is 293 g/mol. The summed E-state index contributed by atoms with van der Waals surface area (Å²) in [7, 11) is 1.87. The molecular formula is C16H23NO2S. The first-order chi connectivity index (χ1) is 9.70. The average Bonchev–Trinajstić information content (AvgIpc) is 2.48. The molecule has 3 nitrogen and oxygen atoms in total. The summed E-state index contributed by atoms with van der Waals surface area (Å²) in [6.07, 6.45) is 3.92. The van der Waals surface area contributed by atoms with Crippen molar-refractivity contribution in [2.24, 2.45) is 0 Å². The molecule has 0 heterocycles. The van der Waals surface area contributed by atoms with Gasteiger partial charge < -0.3 is 10.1 Å². The van der Waals surface area contributed by atoms with E-state index in [-0.39, 0.29) is 5.97 Å². The maximum absolute atomic E-state index is 12.3. The zero-order valence-electron chi connectivity index (χ0n) is 12.2. The second-order valence-corrected chi connectivity index (χ2v) is 6.58. The Morgan fingerprint density at radius 2 is 2.20 bits per heavy atom. The van der Waals surface area contributed by atoms with Crippen molar-refractivity contribution in [2.75, 3.05) is 13.7 Å². The molecule has 1 aliphatic carbocycles. The number of esters is 1. The third-order valence-electron chi connectivity index (χ3n) is 3.90. The van der Waals surface area contributed by atoms with E-state index < -0.39 is 5.54 Å². The van der Waals surface area contributed by atoms with Crippen molar-refractivity contribution in [3.05, 3.63) is 30.3 Å². The van der Waals surface area contributed by atoms with Crippen LogP contribution in [0.15, 0.2) is 35.2 Å². The molecule has 110 valence electrons. The quantitative estimate of drug-likeness (QED) is 0.846. The normalized spacial score (nSPS) is 26.2. The Labute approximate surface area is 125 Å². The minimum absolute atomic E-state index is 0.0964. The number of thioether (sulfide) groups is 1. The van der Waals surface area contributed by atoms with Gasteiger partial charge in [0.1, 0.15) is 5.54 Å². The molecule has 1 N–H and O–H groups in total. The number of hydrogen-bond acceptors (Lipinski definition) is 4. The number of carbonyl (C=O) groups excluding carboxylic acids is 1. The minimum atomic E-state index is -0.499. The number of ether oxygens (including phenoxy) is 1. The van der Waals surface area contributed by atoms with Gasteiger partial charge in [-0.05, 0) is 51.8 Å². The number of hydrogen-bond donors (Lipinski definition) is 1. The van der Waals surface area contributed by atoms with Crippen molar-refractivity contribution in [3.8, 4) is 0 Å². The molecule has 0 spiro atoms. The summed E-state index contributed by atoms with van der Waals surface area (Å²) in [4.78, 5) is 13.5. The molecular weight excluding hydrogens is 270 g/mol. The Balaban J connectivity index is 2.04.